The van der Waals surface area contributed by atoms with Crippen LogP contribution in [-0.2, 0) is 6.42 Å². The molecule has 0 unspecified atom stereocenters. The minimum absolute atomic E-state index is 0.0651. The quantitative estimate of drug-likeness (QED) is 0.942. The molecule has 0 aromatic heterocycles. The Hall–Kier alpha value is -2.23. The molecule has 2 aromatic carbocycles. The van der Waals surface area contributed by atoms with E-state index < -0.39 is 0 Å². The summed E-state index contributed by atoms with van der Waals surface area (Å²) < 4.78 is 5.31. The van der Waals surface area contributed by atoms with E-state index in [1.807, 2.05) is 11.0 Å². The largest absolute Gasteiger partial charge is 0.497 e. The van der Waals surface area contributed by atoms with Gasteiger partial charge in [0, 0.05) is 19.6 Å². The summed E-state index contributed by atoms with van der Waals surface area (Å²) in [4.78, 5) is 13.9. The molecule has 1 heterocycles. The van der Waals surface area contributed by atoms with Crippen molar-refractivity contribution in [3.8, 4) is 5.75 Å². The Morgan fingerprint density at radius 3 is 2.82 bits per heavy atom. The molecule has 22 heavy (non-hydrogen) atoms. The number of benzene rings is 2. The number of nitrogens with zero attached hydrogens (tertiary/aromatic N) is 1. The van der Waals surface area contributed by atoms with Crippen molar-refractivity contribution in [1.29, 1.82) is 0 Å². The molecule has 2 amide bonds. The van der Waals surface area contributed by atoms with Crippen LogP contribution < -0.4 is 10.1 Å². The van der Waals surface area contributed by atoms with Crippen LogP contribution in [0.15, 0.2) is 36.4 Å². The number of likely N-dealkylation sites (tertiary alicyclic amines) is 1. The van der Waals surface area contributed by atoms with Gasteiger partial charge in [0.2, 0.25) is 0 Å². The summed E-state index contributed by atoms with van der Waals surface area (Å²) in [5.41, 5.74) is 1.23. The lowest BCUT2D eigenvalue weighted by Crippen LogP contribution is -2.38. The first-order chi connectivity index (χ1) is 10.8. The second-order valence-corrected chi connectivity index (χ2v) is 5.68. The molecule has 1 aliphatic heterocycles. The van der Waals surface area contributed by atoms with Gasteiger partial charge in [-0.15, -0.1) is 0 Å². The van der Waals surface area contributed by atoms with Crippen molar-refractivity contribution in [2.45, 2.75) is 19.3 Å². The van der Waals surface area contributed by atoms with Crippen molar-refractivity contribution in [3.05, 3.63) is 42.0 Å². The highest BCUT2D eigenvalue weighted by molar-refractivity contribution is 5.87. The third-order valence-corrected chi connectivity index (χ3v) is 4.24. The van der Waals surface area contributed by atoms with Crippen LogP contribution in [0, 0.1) is 0 Å². The average Bonchev–Trinajstić information content (AvgIpc) is 3.09. The zero-order chi connectivity index (χ0) is 15.4. The molecule has 116 valence electrons. The number of carbonyl (C=O) groups excluding carboxylic acids is 1. The van der Waals surface area contributed by atoms with Gasteiger partial charge in [0.05, 0.1) is 7.11 Å². The molecule has 4 heteroatoms. The molecular formula is C18H22N2O2. The van der Waals surface area contributed by atoms with Gasteiger partial charge < -0.3 is 15.0 Å². The first kappa shape index (κ1) is 14.7. The first-order valence-electron chi connectivity index (χ1n) is 7.86. The van der Waals surface area contributed by atoms with Crippen molar-refractivity contribution < 1.29 is 9.53 Å². The van der Waals surface area contributed by atoms with Crippen LogP contribution in [-0.4, -0.2) is 37.7 Å². The fraction of sp³-hybridized carbons (Fsp3) is 0.389. The number of fused-ring (bicyclic) bond motifs is 1. The number of hydrogen-bond donors (Lipinski definition) is 1. The molecule has 1 N–H and O–H groups in total. The van der Waals surface area contributed by atoms with Crippen LogP contribution in [0.3, 0.4) is 0 Å². The standard InChI is InChI=1S/C18H22N2O2/c1-22-16-8-7-14-5-4-6-15(17(14)13-16)9-10-19-18(21)20-11-2-3-12-20/h4-8,13H,2-3,9-12H2,1H3,(H,19,21). The molecule has 1 fully saturated rings. The van der Waals surface area contributed by atoms with Crippen LogP contribution in [0.4, 0.5) is 4.79 Å². The van der Waals surface area contributed by atoms with Crippen molar-refractivity contribution in [2.75, 3.05) is 26.7 Å². The fourth-order valence-electron chi connectivity index (χ4n) is 3.00. The molecule has 0 radical (unpaired) electrons. The van der Waals surface area contributed by atoms with Gasteiger partial charge in [-0.2, -0.15) is 0 Å². The summed E-state index contributed by atoms with van der Waals surface area (Å²) in [6, 6.07) is 12.4. The third kappa shape index (κ3) is 3.16. The smallest absolute Gasteiger partial charge is 0.317 e. The molecule has 0 saturated carbocycles. The highest BCUT2D eigenvalue weighted by atomic mass is 16.5. The normalized spacial score (nSPS) is 14.3. The molecule has 4 nitrogen and oxygen atoms in total. The summed E-state index contributed by atoms with van der Waals surface area (Å²) in [7, 11) is 1.68. The lowest BCUT2D eigenvalue weighted by Gasteiger charge is -2.16. The molecule has 0 bridgehead atoms. The van der Waals surface area contributed by atoms with E-state index in [1.54, 1.807) is 7.11 Å². The first-order valence-corrected chi connectivity index (χ1v) is 7.86. The molecule has 1 aliphatic rings. The van der Waals surface area contributed by atoms with Crippen molar-refractivity contribution in [3.63, 3.8) is 0 Å². The lowest BCUT2D eigenvalue weighted by atomic mass is 10.0. The summed E-state index contributed by atoms with van der Waals surface area (Å²) in [6.45, 7) is 2.43. The molecule has 3 rings (SSSR count). The van der Waals surface area contributed by atoms with E-state index in [1.165, 1.54) is 16.3 Å². The highest BCUT2D eigenvalue weighted by Crippen LogP contribution is 2.24. The van der Waals surface area contributed by atoms with E-state index in [0.717, 1.165) is 38.1 Å². The zero-order valence-electron chi connectivity index (χ0n) is 13.0. The van der Waals surface area contributed by atoms with E-state index in [9.17, 15) is 4.79 Å². The Labute approximate surface area is 131 Å². The number of hydrogen-bond acceptors (Lipinski definition) is 2. The summed E-state index contributed by atoms with van der Waals surface area (Å²) >= 11 is 0. The SMILES string of the molecule is COc1ccc2cccc(CCNC(=O)N3CCCC3)c2c1. The van der Waals surface area contributed by atoms with Gasteiger partial charge >= 0.3 is 6.03 Å². The van der Waals surface area contributed by atoms with Gasteiger partial charge in [0.25, 0.3) is 0 Å². The number of nitrogens with one attached hydrogen (secondary N) is 1. The van der Waals surface area contributed by atoms with Crippen LogP contribution in [0.5, 0.6) is 5.75 Å². The van der Waals surface area contributed by atoms with E-state index in [-0.39, 0.29) is 6.03 Å². The second-order valence-electron chi connectivity index (χ2n) is 5.68. The summed E-state index contributed by atoms with van der Waals surface area (Å²) in [6.07, 6.45) is 3.07. The van der Waals surface area contributed by atoms with Gasteiger partial charge in [0.15, 0.2) is 0 Å². The van der Waals surface area contributed by atoms with Crippen LogP contribution in [0.1, 0.15) is 18.4 Å². The summed E-state index contributed by atoms with van der Waals surface area (Å²) in [5, 5.41) is 5.41. The van der Waals surface area contributed by atoms with Crippen molar-refractivity contribution in [2.24, 2.45) is 0 Å². The Balaban J connectivity index is 1.66. The number of methoxy groups -OCH3 is 1. The van der Waals surface area contributed by atoms with Gasteiger partial charge in [-0.25, -0.2) is 4.79 Å². The van der Waals surface area contributed by atoms with Gasteiger partial charge in [-0.3, -0.25) is 0 Å². The van der Waals surface area contributed by atoms with Crippen LogP contribution >= 0.6 is 0 Å². The number of carbonyl (C=O) groups is 1. The third-order valence-electron chi connectivity index (χ3n) is 4.24. The van der Waals surface area contributed by atoms with E-state index in [4.69, 9.17) is 4.74 Å². The van der Waals surface area contributed by atoms with E-state index in [0.29, 0.717) is 6.54 Å². The molecule has 1 saturated heterocycles. The minimum atomic E-state index is 0.0651. The van der Waals surface area contributed by atoms with Crippen molar-refractivity contribution >= 4 is 16.8 Å². The average molecular weight is 298 g/mol. The topological polar surface area (TPSA) is 41.6 Å². The summed E-state index contributed by atoms with van der Waals surface area (Å²) in [5.74, 6) is 0.862. The maximum absolute atomic E-state index is 12.0. The predicted molar refractivity (Wildman–Crippen MR) is 88.4 cm³/mol. The Bertz CT molecular complexity index is 663. The second kappa shape index (κ2) is 6.69. The minimum Gasteiger partial charge on any atom is -0.497 e. The van der Waals surface area contributed by atoms with Gasteiger partial charge in [-0.1, -0.05) is 24.3 Å². The number of rotatable bonds is 4. The lowest BCUT2D eigenvalue weighted by molar-refractivity contribution is 0.209. The van der Waals surface area contributed by atoms with E-state index >= 15 is 0 Å². The molecule has 0 aliphatic carbocycles. The number of urea groups is 1. The zero-order valence-corrected chi connectivity index (χ0v) is 13.0. The highest BCUT2D eigenvalue weighted by Gasteiger charge is 2.16. The van der Waals surface area contributed by atoms with E-state index in [2.05, 4.69) is 35.6 Å². The monoisotopic (exact) mass is 298 g/mol. The fourth-order valence-corrected chi connectivity index (χ4v) is 3.00. The number of ether oxygens (including phenoxy) is 1. The maximum Gasteiger partial charge on any atom is 0.317 e. The predicted octanol–water partition coefficient (Wildman–Crippen LogP) is 3.20. The molecule has 0 spiro atoms. The Morgan fingerprint density at radius 2 is 2.05 bits per heavy atom. The molecular weight excluding hydrogens is 276 g/mol. The molecule has 0 atom stereocenters. The maximum atomic E-state index is 12.0. The van der Waals surface area contributed by atoms with Gasteiger partial charge in [-0.05, 0) is 47.7 Å². The number of amides is 2. The Morgan fingerprint density at radius 1 is 1.23 bits per heavy atom. The Kier molecular flexibility index (Phi) is 4.47. The van der Waals surface area contributed by atoms with Crippen LogP contribution in [0.25, 0.3) is 10.8 Å². The van der Waals surface area contributed by atoms with Crippen molar-refractivity contribution in [1.82, 2.24) is 10.2 Å². The molecule has 2 aromatic rings. The van der Waals surface area contributed by atoms with Crippen LogP contribution in [0.2, 0.25) is 0 Å². The van der Waals surface area contributed by atoms with Gasteiger partial charge in [0.1, 0.15) is 5.75 Å².